The molecule has 1 aromatic carbocycles. The van der Waals surface area contributed by atoms with E-state index in [1.54, 1.807) is 0 Å². The van der Waals surface area contributed by atoms with Crippen LogP contribution in [0.25, 0.3) is 4.85 Å². The molecule has 0 aromatic heterocycles. The van der Waals surface area contributed by atoms with Gasteiger partial charge in [-0.1, -0.05) is 15.9 Å². The van der Waals surface area contributed by atoms with Crippen LogP contribution in [0.1, 0.15) is 22.0 Å². The molecule has 1 aromatic rings. The number of ether oxygens (including phenoxy) is 2. The van der Waals surface area contributed by atoms with E-state index in [4.69, 9.17) is 6.57 Å². The highest BCUT2D eigenvalue weighted by Gasteiger charge is 2.34. The predicted octanol–water partition coefficient (Wildman–Crippen LogP) is 2.51. The molecule has 19 heavy (non-hydrogen) atoms. The fourth-order valence-electron chi connectivity index (χ4n) is 1.49. The average molecular weight is 330 g/mol. The summed E-state index contributed by atoms with van der Waals surface area (Å²) < 4.78 is 23.0. The van der Waals surface area contributed by atoms with Crippen LogP contribution in [0.15, 0.2) is 16.6 Å². The van der Waals surface area contributed by atoms with Gasteiger partial charge in [0.1, 0.15) is 11.4 Å². The minimum atomic E-state index is -1.42. The van der Waals surface area contributed by atoms with E-state index in [2.05, 4.69) is 30.2 Å². The number of esters is 2. The second-order valence-electron chi connectivity index (χ2n) is 3.40. The average Bonchev–Trinajstić information content (AvgIpc) is 2.38. The molecular formula is C12H9BrFNO4. The van der Waals surface area contributed by atoms with Gasteiger partial charge in [0.15, 0.2) is 0 Å². The normalized spacial score (nSPS) is 11.3. The molecule has 1 unspecified atom stereocenters. The van der Waals surface area contributed by atoms with Crippen LogP contribution < -0.4 is 0 Å². The number of benzene rings is 1. The van der Waals surface area contributed by atoms with Crippen LogP contribution in [-0.2, 0) is 14.3 Å². The second kappa shape index (κ2) is 6.29. The molecule has 5 nitrogen and oxygen atoms in total. The first-order chi connectivity index (χ1) is 8.96. The largest absolute Gasteiger partial charge is 0.465 e. The SMILES string of the molecule is [C-]#[N+]C(C(=O)OC)c1cc(Br)cc(F)c1C(=O)OC. The van der Waals surface area contributed by atoms with Crippen LogP contribution in [0.2, 0.25) is 0 Å². The molecule has 100 valence electrons. The Morgan fingerprint density at radius 3 is 2.47 bits per heavy atom. The Kier molecular flexibility index (Phi) is 5.01. The summed E-state index contributed by atoms with van der Waals surface area (Å²) in [5, 5.41) is 0. The molecule has 1 rings (SSSR count). The van der Waals surface area contributed by atoms with Gasteiger partial charge in [-0.2, -0.15) is 0 Å². The topological polar surface area (TPSA) is 57.0 Å². The van der Waals surface area contributed by atoms with Crippen molar-refractivity contribution in [1.82, 2.24) is 0 Å². The molecule has 0 radical (unpaired) electrons. The van der Waals surface area contributed by atoms with Gasteiger partial charge in [0, 0.05) is 4.47 Å². The van der Waals surface area contributed by atoms with Crippen molar-refractivity contribution in [3.05, 3.63) is 45.0 Å². The fourth-order valence-corrected chi connectivity index (χ4v) is 1.94. The number of carbonyl (C=O) groups excluding carboxylic acids is 2. The number of hydrogen-bond donors (Lipinski definition) is 0. The van der Waals surface area contributed by atoms with Gasteiger partial charge in [-0.05, 0) is 12.1 Å². The van der Waals surface area contributed by atoms with E-state index in [0.717, 1.165) is 20.3 Å². The Hall–Kier alpha value is -1.94. The summed E-state index contributed by atoms with van der Waals surface area (Å²) in [6, 6.07) is 0.939. The quantitative estimate of drug-likeness (QED) is 0.631. The standard InChI is InChI=1S/C12H9BrFNO4/c1-15-10(12(17)19-3)7-4-6(13)5-8(14)9(7)11(16)18-2/h4-5,10H,2-3H3. The van der Waals surface area contributed by atoms with Crippen molar-refractivity contribution in [1.29, 1.82) is 0 Å². The van der Waals surface area contributed by atoms with Crippen LogP contribution in [0, 0.1) is 12.4 Å². The maximum Gasteiger partial charge on any atom is 0.395 e. The molecule has 0 aliphatic rings. The summed E-state index contributed by atoms with van der Waals surface area (Å²) in [6.45, 7) is 7.00. The van der Waals surface area contributed by atoms with Crippen LogP contribution in [0.4, 0.5) is 4.39 Å². The van der Waals surface area contributed by atoms with Gasteiger partial charge >= 0.3 is 18.0 Å². The minimum absolute atomic E-state index is 0.0967. The Morgan fingerprint density at radius 1 is 1.37 bits per heavy atom. The van der Waals surface area contributed by atoms with Gasteiger partial charge in [0.2, 0.25) is 0 Å². The van der Waals surface area contributed by atoms with Crippen molar-refractivity contribution in [2.75, 3.05) is 14.2 Å². The van der Waals surface area contributed by atoms with Crippen molar-refractivity contribution >= 4 is 27.9 Å². The Balaban J connectivity index is 3.52. The maximum atomic E-state index is 13.8. The van der Waals surface area contributed by atoms with E-state index >= 15 is 0 Å². The van der Waals surface area contributed by atoms with Crippen LogP contribution in [-0.4, -0.2) is 26.2 Å². The number of carbonyl (C=O) groups is 2. The zero-order chi connectivity index (χ0) is 14.6. The minimum Gasteiger partial charge on any atom is -0.465 e. The van der Waals surface area contributed by atoms with Gasteiger partial charge in [0.05, 0.1) is 19.8 Å². The molecule has 0 heterocycles. The van der Waals surface area contributed by atoms with Crippen LogP contribution >= 0.6 is 15.9 Å². The molecule has 0 saturated carbocycles. The van der Waals surface area contributed by atoms with E-state index in [1.807, 2.05) is 0 Å². The van der Waals surface area contributed by atoms with Crippen molar-refractivity contribution in [2.24, 2.45) is 0 Å². The number of methoxy groups -OCH3 is 2. The first-order valence-electron chi connectivity index (χ1n) is 4.97. The molecule has 0 aliphatic heterocycles. The zero-order valence-electron chi connectivity index (χ0n) is 10.1. The van der Waals surface area contributed by atoms with E-state index in [9.17, 15) is 14.0 Å². The summed E-state index contributed by atoms with van der Waals surface area (Å²) >= 11 is 3.04. The predicted molar refractivity (Wildman–Crippen MR) is 66.8 cm³/mol. The maximum absolute atomic E-state index is 13.8. The fraction of sp³-hybridized carbons (Fsp3) is 0.250. The molecule has 0 N–H and O–H groups in total. The highest BCUT2D eigenvalue weighted by atomic mass is 79.9. The third-order valence-electron chi connectivity index (χ3n) is 2.32. The first-order valence-corrected chi connectivity index (χ1v) is 5.77. The summed E-state index contributed by atoms with van der Waals surface area (Å²) in [4.78, 5) is 26.1. The van der Waals surface area contributed by atoms with Crippen molar-refractivity contribution in [2.45, 2.75) is 6.04 Å². The summed E-state index contributed by atoms with van der Waals surface area (Å²) in [6.07, 6.45) is 0. The third-order valence-corrected chi connectivity index (χ3v) is 2.78. The Labute approximate surface area is 117 Å². The lowest BCUT2D eigenvalue weighted by Crippen LogP contribution is -2.17. The van der Waals surface area contributed by atoms with Gasteiger partial charge in [-0.15, -0.1) is 0 Å². The van der Waals surface area contributed by atoms with Crippen molar-refractivity contribution < 1.29 is 23.5 Å². The molecule has 0 bridgehead atoms. The van der Waals surface area contributed by atoms with Gasteiger partial charge < -0.3 is 9.47 Å². The summed E-state index contributed by atoms with van der Waals surface area (Å²) in [7, 11) is 2.19. The molecule has 7 heteroatoms. The van der Waals surface area contributed by atoms with Crippen molar-refractivity contribution in [3.63, 3.8) is 0 Å². The van der Waals surface area contributed by atoms with Gasteiger partial charge in [-0.25, -0.2) is 20.6 Å². The molecule has 0 fully saturated rings. The van der Waals surface area contributed by atoms with Crippen molar-refractivity contribution in [3.8, 4) is 0 Å². The van der Waals surface area contributed by atoms with E-state index in [-0.39, 0.29) is 5.56 Å². The molecule has 0 spiro atoms. The molecular weight excluding hydrogens is 321 g/mol. The lowest BCUT2D eigenvalue weighted by Gasteiger charge is -2.10. The Morgan fingerprint density at radius 2 is 2.00 bits per heavy atom. The third kappa shape index (κ3) is 3.09. The number of halogens is 2. The molecule has 1 atom stereocenters. The van der Waals surface area contributed by atoms with E-state index < -0.39 is 29.4 Å². The van der Waals surface area contributed by atoms with Crippen LogP contribution in [0.3, 0.4) is 0 Å². The van der Waals surface area contributed by atoms with Crippen LogP contribution in [0.5, 0.6) is 0 Å². The summed E-state index contributed by atoms with van der Waals surface area (Å²) in [5.74, 6) is -2.72. The Bertz CT molecular complexity index is 568. The smallest absolute Gasteiger partial charge is 0.395 e. The number of hydrogen-bond acceptors (Lipinski definition) is 4. The monoisotopic (exact) mass is 329 g/mol. The zero-order valence-corrected chi connectivity index (χ0v) is 11.7. The highest BCUT2D eigenvalue weighted by molar-refractivity contribution is 9.10. The highest BCUT2D eigenvalue weighted by Crippen LogP contribution is 2.29. The number of rotatable bonds is 3. The second-order valence-corrected chi connectivity index (χ2v) is 4.31. The molecule has 0 amide bonds. The first kappa shape index (κ1) is 15.1. The lowest BCUT2D eigenvalue weighted by molar-refractivity contribution is -0.141. The van der Waals surface area contributed by atoms with E-state index in [0.29, 0.717) is 4.47 Å². The van der Waals surface area contributed by atoms with E-state index in [1.165, 1.54) is 6.07 Å². The van der Waals surface area contributed by atoms with Gasteiger partial charge in [0.25, 0.3) is 0 Å². The number of nitrogens with zero attached hydrogens (tertiary/aromatic N) is 1. The molecule has 0 aliphatic carbocycles. The van der Waals surface area contributed by atoms with Gasteiger partial charge in [-0.3, -0.25) is 4.85 Å². The molecule has 0 saturated heterocycles. The lowest BCUT2D eigenvalue weighted by atomic mass is 10.00. The summed E-state index contributed by atoms with van der Waals surface area (Å²) in [5.41, 5.74) is -0.544.